The number of rotatable bonds is 10. The van der Waals surface area contributed by atoms with Crippen molar-refractivity contribution >= 4 is 11.9 Å². The highest BCUT2D eigenvalue weighted by Crippen LogP contribution is 2.42. The molecule has 2 aromatic carbocycles. The van der Waals surface area contributed by atoms with Crippen LogP contribution in [0.2, 0.25) is 0 Å². The summed E-state index contributed by atoms with van der Waals surface area (Å²) in [7, 11) is 0. The molecule has 0 spiro atoms. The number of carbonyl (C=O) groups is 2. The molecule has 4 rings (SSSR count). The zero-order chi connectivity index (χ0) is 27.9. The summed E-state index contributed by atoms with van der Waals surface area (Å²) in [5.74, 6) is -0.792. The summed E-state index contributed by atoms with van der Waals surface area (Å²) < 4.78 is 18.0. The molecule has 0 bridgehead atoms. The van der Waals surface area contributed by atoms with Crippen molar-refractivity contribution in [3.8, 4) is 0 Å². The molecular weight excluding hydrogens is 500 g/mol. The number of nitrogens with zero attached hydrogens (tertiary/aromatic N) is 1. The molecule has 2 saturated heterocycles. The standard InChI is InChI=1S/C30H40N2O7/c1-19-27(16-32-14-4-5-26(32)18-34)38-30(39-28(19)24-10-8-23(17-33)9-11-24)25-12-6-22(7-13-25)15-31-29(36)20(2)37-21(3)35/h6-13,19-20,26-28,30,33-34H,4-5,14-18H2,1-3H3,(H,31,36)/t19-,20+,26+,27+,28+,30+/m1/s1. The van der Waals surface area contributed by atoms with Gasteiger partial charge in [-0.3, -0.25) is 14.5 Å². The summed E-state index contributed by atoms with van der Waals surface area (Å²) in [6, 6.07) is 15.7. The largest absolute Gasteiger partial charge is 0.453 e. The maximum Gasteiger partial charge on any atom is 0.303 e. The second-order valence-electron chi connectivity index (χ2n) is 10.5. The fourth-order valence-electron chi connectivity index (χ4n) is 5.33. The molecule has 2 aliphatic heterocycles. The van der Waals surface area contributed by atoms with Crippen LogP contribution in [0.4, 0.5) is 0 Å². The third-order valence-corrected chi connectivity index (χ3v) is 7.68. The van der Waals surface area contributed by atoms with Gasteiger partial charge in [-0.25, -0.2) is 0 Å². The van der Waals surface area contributed by atoms with Crippen LogP contribution < -0.4 is 5.32 Å². The third kappa shape index (κ3) is 7.43. The fourth-order valence-corrected chi connectivity index (χ4v) is 5.33. The summed E-state index contributed by atoms with van der Waals surface area (Å²) in [4.78, 5) is 25.6. The van der Waals surface area contributed by atoms with E-state index in [1.807, 2.05) is 48.5 Å². The molecule has 3 N–H and O–H groups in total. The minimum atomic E-state index is -0.853. The zero-order valence-electron chi connectivity index (χ0n) is 22.9. The van der Waals surface area contributed by atoms with E-state index in [0.29, 0.717) is 13.1 Å². The summed E-state index contributed by atoms with van der Waals surface area (Å²) in [5.41, 5.74) is 3.63. The highest BCUT2D eigenvalue weighted by Gasteiger charge is 2.40. The van der Waals surface area contributed by atoms with Crippen LogP contribution in [-0.4, -0.2) is 64.9 Å². The molecule has 2 aliphatic rings. The van der Waals surface area contributed by atoms with Crippen molar-refractivity contribution in [2.24, 2.45) is 5.92 Å². The lowest BCUT2D eigenvalue weighted by molar-refractivity contribution is -0.276. The maximum absolute atomic E-state index is 12.2. The molecule has 2 heterocycles. The third-order valence-electron chi connectivity index (χ3n) is 7.68. The molecule has 2 fully saturated rings. The molecule has 39 heavy (non-hydrogen) atoms. The van der Waals surface area contributed by atoms with Gasteiger partial charge in [0.25, 0.3) is 5.91 Å². The Balaban J connectivity index is 1.48. The van der Waals surface area contributed by atoms with Crippen LogP contribution >= 0.6 is 0 Å². The summed E-state index contributed by atoms with van der Waals surface area (Å²) in [6.45, 7) is 7.03. The van der Waals surface area contributed by atoms with Crippen molar-refractivity contribution in [2.75, 3.05) is 19.7 Å². The highest BCUT2D eigenvalue weighted by atomic mass is 16.7. The van der Waals surface area contributed by atoms with Gasteiger partial charge in [-0.2, -0.15) is 0 Å². The van der Waals surface area contributed by atoms with E-state index >= 15 is 0 Å². The smallest absolute Gasteiger partial charge is 0.303 e. The quantitative estimate of drug-likeness (QED) is 0.394. The molecule has 1 amide bonds. The molecule has 9 nitrogen and oxygen atoms in total. The van der Waals surface area contributed by atoms with Gasteiger partial charge in [0.15, 0.2) is 12.4 Å². The first-order valence-corrected chi connectivity index (χ1v) is 13.7. The highest BCUT2D eigenvalue weighted by molar-refractivity contribution is 5.82. The van der Waals surface area contributed by atoms with Gasteiger partial charge in [-0.05, 0) is 43.0 Å². The predicted molar refractivity (Wildman–Crippen MR) is 144 cm³/mol. The molecule has 0 aromatic heterocycles. The van der Waals surface area contributed by atoms with Crippen LogP contribution in [0, 0.1) is 5.92 Å². The molecule has 6 atom stereocenters. The number of ether oxygens (including phenoxy) is 3. The summed E-state index contributed by atoms with van der Waals surface area (Å²) >= 11 is 0. The van der Waals surface area contributed by atoms with Gasteiger partial charge < -0.3 is 29.7 Å². The minimum absolute atomic E-state index is 0.0112. The Morgan fingerprint density at radius 1 is 1.05 bits per heavy atom. The monoisotopic (exact) mass is 540 g/mol. The van der Waals surface area contributed by atoms with E-state index in [2.05, 4.69) is 17.1 Å². The van der Waals surface area contributed by atoms with Crippen molar-refractivity contribution in [1.82, 2.24) is 10.2 Å². The molecule has 0 unspecified atom stereocenters. The Labute approximate surface area is 230 Å². The van der Waals surface area contributed by atoms with E-state index in [4.69, 9.17) is 14.2 Å². The fraction of sp³-hybridized carbons (Fsp3) is 0.533. The number of carbonyl (C=O) groups excluding carboxylic acids is 2. The Bertz CT molecular complexity index is 1090. The summed E-state index contributed by atoms with van der Waals surface area (Å²) in [5, 5.41) is 22.1. The van der Waals surface area contributed by atoms with Gasteiger partial charge in [0, 0.05) is 37.5 Å². The Morgan fingerprint density at radius 2 is 1.72 bits per heavy atom. The van der Waals surface area contributed by atoms with Crippen LogP contribution in [-0.2, 0) is 37.0 Å². The predicted octanol–water partition coefficient (Wildman–Crippen LogP) is 2.99. The van der Waals surface area contributed by atoms with Gasteiger partial charge in [0.2, 0.25) is 0 Å². The Morgan fingerprint density at radius 3 is 2.36 bits per heavy atom. The molecule has 0 saturated carbocycles. The van der Waals surface area contributed by atoms with Crippen molar-refractivity contribution in [1.29, 1.82) is 0 Å². The van der Waals surface area contributed by atoms with E-state index in [-0.39, 0.29) is 43.3 Å². The van der Waals surface area contributed by atoms with Crippen LogP contribution in [0.5, 0.6) is 0 Å². The number of benzene rings is 2. The number of amides is 1. The normalized spacial score (nSPS) is 26.2. The van der Waals surface area contributed by atoms with Gasteiger partial charge in [0.05, 0.1) is 25.4 Å². The Kier molecular flexibility index (Phi) is 10.1. The first kappa shape index (κ1) is 29.2. The van der Waals surface area contributed by atoms with Crippen molar-refractivity contribution in [3.63, 3.8) is 0 Å². The number of aliphatic hydroxyl groups is 2. The average Bonchev–Trinajstić information content (AvgIpc) is 3.40. The van der Waals surface area contributed by atoms with E-state index in [1.165, 1.54) is 13.8 Å². The van der Waals surface area contributed by atoms with Gasteiger partial charge >= 0.3 is 5.97 Å². The maximum atomic E-state index is 12.2. The lowest BCUT2D eigenvalue weighted by atomic mass is 9.90. The van der Waals surface area contributed by atoms with E-state index in [1.54, 1.807) is 0 Å². The van der Waals surface area contributed by atoms with E-state index in [9.17, 15) is 19.8 Å². The molecule has 0 aliphatic carbocycles. The van der Waals surface area contributed by atoms with Crippen molar-refractivity contribution in [2.45, 2.75) is 77.4 Å². The molecule has 2 aromatic rings. The topological polar surface area (TPSA) is 118 Å². The van der Waals surface area contributed by atoms with Crippen molar-refractivity contribution in [3.05, 3.63) is 70.8 Å². The van der Waals surface area contributed by atoms with Crippen LogP contribution in [0.3, 0.4) is 0 Å². The number of aliphatic hydroxyl groups excluding tert-OH is 2. The first-order chi connectivity index (χ1) is 18.8. The van der Waals surface area contributed by atoms with E-state index < -0.39 is 18.4 Å². The lowest BCUT2D eigenvalue weighted by Crippen LogP contribution is -2.46. The second-order valence-corrected chi connectivity index (χ2v) is 10.5. The second kappa shape index (κ2) is 13.5. The van der Waals surface area contributed by atoms with Gasteiger partial charge in [-0.1, -0.05) is 55.5 Å². The number of esters is 1. The number of hydrogen-bond donors (Lipinski definition) is 3. The molecular formula is C30H40N2O7. The van der Waals surface area contributed by atoms with Crippen LogP contribution in [0.25, 0.3) is 0 Å². The zero-order valence-corrected chi connectivity index (χ0v) is 22.9. The number of likely N-dealkylation sites (tertiary alicyclic amines) is 1. The Hall–Kier alpha value is -2.82. The number of hydrogen-bond acceptors (Lipinski definition) is 8. The molecule has 9 heteroatoms. The van der Waals surface area contributed by atoms with Crippen LogP contribution in [0.15, 0.2) is 48.5 Å². The van der Waals surface area contributed by atoms with Crippen molar-refractivity contribution < 1.29 is 34.0 Å². The van der Waals surface area contributed by atoms with Crippen LogP contribution in [0.1, 0.15) is 68.3 Å². The number of nitrogens with one attached hydrogen (secondary N) is 1. The molecule has 0 radical (unpaired) electrons. The van der Waals surface area contributed by atoms with Gasteiger partial charge in [0.1, 0.15) is 0 Å². The van der Waals surface area contributed by atoms with Gasteiger partial charge in [-0.15, -0.1) is 0 Å². The first-order valence-electron chi connectivity index (χ1n) is 13.7. The minimum Gasteiger partial charge on any atom is -0.453 e. The lowest BCUT2D eigenvalue weighted by Gasteiger charge is -2.43. The summed E-state index contributed by atoms with van der Waals surface area (Å²) in [6.07, 6.45) is 0.293. The SMILES string of the molecule is CC(=O)O[C@@H](C)C(=O)NCc1ccc([C@H]2O[C@@H](CN3CCC[C@H]3CO)[C@@H](C)[C@@H](c3ccc(CO)cc3)O2)cc1. The van der Waals surface area contributed by atoms with E-state index in [0.717, 1.165) is 41.6 Å². The average molecular weight is 541 g/mol. The molecule has 212 valence electrons.